The molecule has 0 spiro atoms. The van der Waals surface area contributed by atoms with Crippen LogP contribution >= 0.6 is 11.6 Å². The van der Waals surface area contributed by atoms with Crippen LogP contribution in [0.25, 0.3) is 0 Å². The Morgan fingerprint density at radius 2 is 1.67 bits per heavy atom. The lowest BCUT2D eigenvalue weighted by atomic mass is 9.98. The summed E-state index contributed by atoms with van der Waals surface area (Å²) in [7, 11) is 0. The molecule has 2 heteroatoms. The fraction of sp³-hybridized carbons (Fsp3) is 0.538. The summed E-state index contributed by atoms with van der Waals surface area (Å²) in [4.78, 5) is -0.153. The monoisotopic (exact) mass is 226 g/mol. The molecule has 0 heterocycles. The minimum atomic E-state index is -0.153. The maximum atomic E-state index is 9.63. The number of hydrogen-bond donors (Lipinski definition) is 1. The lowest BCUT2D eigenvalue weighted by molar-refractivity contribution is 0.466. The molecule has 0 unspecified atom stereocenters. The van der Waals surface area contributed by atoms with Gasteiger partial charge in [0.05, 0.1) is 0 Å². The van der Waals surface area contributed by atoms with E-state index in [9.17, 15) is 5.11 Å². The van der Waals surface area contributed by atoms with Crippen LogP contribution in [0, 0.1) is 13.8 Å². The van der Waals surface area contributed by atoms with Crippen molar-refractivity contribution in [2.75, 3.05) is 0 Å². The van der Waals surface area contributed by atoms with Crippen LogP contribution in [0.4, 0.5) is 0 Å². The van der Waals surface area contributed by atoms with Gasteiger partial charge in [-0.3, -0.25) is 0 Å². The van der Waals surface area contributed by atoms with Crippen LogP contribution in [-0.4, -0.2) is 9.98 Å². The molecule has 1 rings (SSSR count). The zero-order valence-electron chi connectivity index (χ0n) is 9.89. The zero-order valence-corrected chi connectivity index (χ0v) is 10.7. The molecule has 0 saturated heterocycles. The second-order valence-electron chi connectivity index (χ2n) is 4.80. The smallest absolute Gasteiger partial charge is 0.121 e. The Kier molecular flexibility index (Phi) is 3.67. The van der Waals surface area contributed by atoms with Gasteiger partial charge in [0, 0.05) is 4.87 Å². The van der Waals surface area contributed by atoms with Crippen LogP contribution in [0.2, 0.25) is 0 Å². The molecule has 0 radical (unpaired) electrons. The highest BCUT2D eigenvalue weighted by Crippen LogP contribution is 2.26. The lowest BCUT2D eigenvalue weighted by Crippen LogP contribution is -2.11. The van der Waals surface area contributed by atoms with Crippen molar-refractivity contribution >= 4 is 11.6 Å². The Balaban J connectivity index is 2.80. The van der Waals surface area contributed by atoms with Gasteiger partial charge < -0.3 is 5.11 Å². The van der Waals surface area contributed by atoms with Gasteiger partial charge in [-0.25, -0.2) is 0 Å². The van der Waals surface area contributed by atoms with E-state index in [1.54, 1.807) is 0 Å². The molecule has 0 aromatic heterocycles. The number of aryl methyl sites for hydroxylation is 3. The van der Waals surface area contributed by atoms with Gasteiger partial charge in [0.25, 0.3) is 0 Å². The quantitative estimate of drug-likeness (QED) is 0.774. The second-order valence-corrected chi connectivity index (χ2v) is 5.82. The van der Waals surface area contributed by atoms with E-state index in [2.05, 4.69) is 0 Å². The zero-order chi connectivity index (χ0) is 11.6. The molecule has 0 fully saturated rings. The van der Waals surface area contributed by atoms with Gasteiger partial charge >= 0.3 is 0 Å². The first-order chi connectivity index (χ1) is 6.79. The van der Waals surface area contributed by atoms with Crippen LogP contribution in [0.3, 0.4) is 0 Å². The van der Waals surface area contributed by atoms with Gasteiger partial charge in [0.2, 0.25) is 0 Å². The number of phenols is 1. The molecule has 0 bridgehead atoms. The molecule has 15 heavy (non-hydrogen) atoms. The van der Waals surface area contributed by atoms with E-state index in [0.29, 0.717) is 5.75 Å². The van der Waals surface area contributed by atoms with Crippen molar-refractivity contribution in [2.45, 2.75) is 45.4 Å². The number of hydrogen-bond acceptors (Lipinski definition) is 1. The molecule has 84 valence electrons. The van der Waals surface area contributed by atoms with Crippen molar-refractivity contribution in [3.8, 4) is 5.75 Å². The molecule has 0 amide bonds. The van der Waals surface area contributed by atoms with E-state index in [4.69, 9.17) is 11.6 Å². The van der Waals surface area contributed by atoms with E-state index in [1.807, 2.05) is 39.8 Å². The van der Waals surface area contributed by atoms with Crippen molar-refractivity contribution in [3.05, 3.63) is 28.8 Å². The van der Waals surface area contributed by atoms with Crippen molar-refractivity contribution in [3.63, 3.8) is 0 Å². The van der Waals surface area contributed by atoms with Crippen LogP contribution in [0.5, 0.6) is 5.75 Å². The lowest BCUT2D eigenvalue weighted by Gasteiger charge is -2.16. The summed E-state index contributed by atoms with van der Waals surface area (Å²) in [5, 5.41) is 9.63. The number of benzene rings is 1. The van der Waals surface area contributed by atoms with Crippen LogP contribution in [0.1, 0.15) is 37.0 Å². The highest BCUT2D eigenvalue weighted by atomic mass is 35.5. The minimum Gasteiger partial charge on any atom is -0.507 e. The first kappa shape index (κ1) is 12.4. The maximum Gasteiger partial charge on any atom is 0.121 e. The predicted octanol–water partition coefficient (Wildman–Crippen LogP) is 3.96. The second kappa shape index (κ2) is 4.44. The average molecular weight is 227 g/mol. The first-order valence-corrected chi connectivity index (χ1v) is 5.65. The van der Waals surface area contributed by atoms with Crippen LogP contribution in [0.15, 0.2) is 12.1 Å². The van der Waals surface area contributed by atoms with Crippen molar-refractivity contribution in [2.24, 2.45) is 0 Å². The Bertz CT molecular complexity index is 327. The van der Waals surface area contributed by atoms with E-state index >= 15 is 0 Å². The van der Waals surface area contributed by atoms with Crippen molar-refractivity contribution in [1.82, 2.24) is 0 Å². The maximum absolute atomic E-state index is 9.63. The molecule has 1 nitrogen and oxygen atoms in total. The Hall–Kier alpha value is -0.690. The minimum absolute atomic E-state index is 0.153. The topological polar surface area (TPSA) is 20.2 Å². The van der Waals surface area contributed by atoms with Gasteiger partial charge in [0.1, 0.15) is 5.75 Å². The Morgan fingerprint density at radius 1 is 1.20 bits per heavy atom. The molecule has 0 aliphatic rings. The predicted molar refractivity (Wildman–Crippen MR) is 65.8 cm³/mol. The van der Waals surface area contributed by atoms with Crippen LogP contribution in [-0.2, 0) is 6.42 Å². The molecule has 1 N–H and O–H groups in total. The molecule has 0 aliphatic heterocycles. The van der Waals surface area contributed by atoms with Gasteiger partial charge in [-0.15, -0.1) is 11.6 Å². The SMILES string of the molecule is Cc1cc(CCC(C)(C)Cl)cc(C)c1O. The van der Waals surface area contributed by atoms with E-state index in [1.165, 1.54) is 5.56 Å². The molecule has 0 saturated carbocycles. The van der Waals surface area contributed by atoms with E-state index in [-0.39, 0.29) is 4.87 Å². The van der Waals surface area contributed by atoms with Gasteiger partial charge in [-0.2, -0.15) is 0 Å². The highest BCUT2D eigenvalue weighted by molar-refractivity contribution is 6.23. The summed E-state index contributed by atoms with van der Waals surface area (Å²) in [6.07, 6.45) is 1.90. The summed E-state index contributed by atoms with van der Waals surface area (Å²) < 4.78 is 0. The third-order valence-corrected chi connectivity index (χ3v) is 2.75. The third kappa shape index (κ3) is 3.75. The largest absolute Gasteiger partial charge is 0.507 e. The molecular weight excluding hydrogens is 208 g/mol. The normalized spacial score (nSPS) is 11.8. The summed E-state index contributed by atoms with van der Waals surface area (Å²) >= 11 is 6.14. The third-order valence-electron chi connectivity index (χ3n) is 2.56. The Labute approximate surface area is 97.1 Å². The summed E-state index contributed by atoms with van der Waals surface area (Å²) in [6, 6.07) is 4.07. The molecule has 1 aromatic rings. The fourth-order valence-electron chi connectivity index (χ4n) is 1.63. The first-order valence-electron chi connectivity index (χ1n) is 5.27. The molecular formula is C13H19ClO. The van der Waals surface area contributed by atoms with E-state index < -0.39 is 0 Å². The van der Waals surface area contributed by atoms with E-state index in [0.717, 1.165) is 24.0 Å². The number of alkyl halides is 1. The number of halogens is 1. The highest BCUT2D eigenvalue weighted by Gasteiger charge is 2.13. The van der Waals surface area contributed by atoms with Gasteiger partial charge in [-0.1, -0.05) is 12.1 Å². The van der Waals surface area contributed by atoms with Crippen molar-refractivity contribution in [1.29, 1.82) is 0 Å². The number of rotatable bonds is 3. The summed E-state index contributed by atoms with van der Waals surface area (Å²) in [5.41, 5.74) is 3.13. The average Bonchev–Trinajstić information content (AvgIpc) is 2.09. The molecule has 1 aromatic carbocycles. The molecule has 0 aliphatic carbocycles. The standard InChI is InChI=1S/C13H19ClO/c1-9-7-11(5-6-13(3,4)14)8-10(2)12(9)15/h7-8,15H,5-6H2,1-4H3. The fourth-order valence-corrected chi connectivity index (χ4v) is 1.73. The number of phenolic OH excluding ortho intramolecular Hbond substituents is 1. The van der Waals surface area contributed by atoms with Gasteiger partial charge in [-0.05, 0) is 57.2 Å². The summed E-state index contributed by atoms with van der Waals surface area (Å²) in [6.45, 7) is 7.90. The van der Waals surface area contributed by atoms with Gasteiger partial charge in [0.15, 0.2) is 0 Å². The Morgan fingerprint density at radius 3 is 2.07 bits per heavy atom. The van der Waals surface area contributed by atoms with Crippen LogP contribution < -0.4 is 0 Å². The summed E-state index contributed by atoms with van der Waals surface area (Å²) in [5.74, 6) is 0.406. The van der Waals surface area contributed by atoms with Crippen molar-refractivity contribution < 1.29 is 5.11 Å². The molecule has 0 atom stereocenters. The number of aromatic hydroxyl groups is 1.